The minimum atomic E-state index is 0.624. The maximum atomic E-state index is 6.08. The Balaban J connectivity index is 1.93. The molecule has 3 aromatic rings. The first kappa shape index (κ1) is 15.0. The van der Waals surface area contributed by atoms with Gasteiger partial charge in [0, 0.05) is 0 Å². The number of nitrogens with two attached hydrogens (primary N) is 1. The topological polar surface area (TPSA) is 44.5 Å². The maximum absolute atomic E-state index is 6.08. The minimum Gasteiger partial charge on any atom is -0.453 e. The van der Waals surface area contributed by atoms with Crippen LogP contribution in [-0.2, 0) is 6.42 Å². The number of anilines is 1. The van der Waals surface area contributed by atoms with Crippen LogP contribution < -0.4 is 15.2 Å². The molecule has 0 aromatic heterocycles. The molecule has 0 fully saturated rings. The van der Waals surface area contributed by atoms with Gasteiger partial charge in [0.05, 0.1) is 5.69 Å². The summed E-state index contributed by atoms with van der Waals surface area (Å²) in [6.45, 7) is 2.08. The van der Waals surface area contributed by atoms with Crippen molar-refractivity contribution in [3.05, 3.63) is 78.4 Å². The predicted octanol–water partition coefficient (Wildman–Crippen LogP) is 5.42. The third-order valence-corrected chi connectivity index (χ3v) is 3.54. The van der Waals surface area contributed by atoms with E-state index in [4.69, 9.17) is 15.2 Å². The Morgan fingerprint density at radius 2 is 1.39 bits per heavy atom. The molecule has 0 saturated heterocycles. The van der Waals surface area contributed by atoms with E-state index in [1.54, 1.807) is 0 Å². The van der Waals surface area contributed by atoms with Gasteiger partial charge in [-0.15, -0.1) is 0 Å². The van der Waals surface area contributed by atoms with Crippen molar-refractivity contribution < 1.29 is 9.47 Å². The Labute approximate surface area is 136 Å². The van der Waals surface area contributed by atoms with Crippen LogP contribution in [0, 0.1) is 0 Å². The number of benzene rings is 3. The van der Waals surface area contributed by atoms with Gasteiger partial charge in [0.2, 0.25) is 0 Å². The second kappa shape index (κ2) is 6.88. The Morgan fingerprint density at radius 3 is 2.09 bits per heavy atom. The van der Waals surface area contributed by atoms with Crippen LogP contribution >= 0.6 is 0 Å². The average molecular weight is 305 g/mol. The average Bonchev–Trinajstić information content (AvgIpc) is 2.59. The largest absolute Gasteiger partial charge is 0.453 e. The van der Waals surface area contributed by atoms with E-state index in [0.29, 0.717) is 22.9 Å². The molecule has 3 aromatic carbocycles. The molecule has 0 bridgehead atoms. The smallest absolute Gasteiger partial charge is 0.170 e. The van der Waals surface area contributed by atoms with E-state index in [1.807, 2.05) is 72.8 Å². The molecule has 0 amide bonds. The number of hydrogen-bond acceptors (Lipinski definition) is 3. The highest BCUT2D eigenvalue weighted by Crippen LogP contribution is 2.38. The van der Waals surface area contributed by atoms with Gasteiger partial charge in [-0.3, -0.25) is 0 Å². The molecule has 3 heteroatoms. The molecule has 0 radical (unpaired) electrons. The number of ether oxygens (including phenoxy) is 2. The fourth-order valence-corrected chi connectivity index (χ4v) is 2.35. The van der Waals surface area contributed by atoms with Crippen molar-refractivity contribution in [3.63, 3.8) is 0 Å². The second-order valence-corrected chi connectivity index (χ2v) is 5.15. The molecule has 3 rings (SSSR count). The third-order valence-electron chi connectivity index (χ3n) is 3.54. The number of aryl methyl sites for hydroxylation is 1. The molecular weight excluding hydrogens is 286 g/mol. The molecular formula is C20H19NO2. The lowest BCUT2D eigenvalue weighted by Crippen LogP contribution is -1.97. The van der Waals surface area contributed by atoms with Crippen LogP contribution in [0.1, 0.15) is 12.5 Å². The molecule has 0 spiro atoms. The Hall–Kier alpha value is -2.94. The summed E-state index contributed by atoms with van der Waals surface area (Å²) in [6, 6.07) is 23.0. The van der Waals surface area contributed by atoms with Crippen molar-refractivity contribution >= 4 is 5.69 Å². The summed E-state index contributed by atoms with van der Waals surface area (Å²) in [5, 5.41) is 0. The Morgan fingerprint density at radius 1 is 0.739 bits per heavy atom. The number of nitrogen functional groups attached to an aromatic ring is 1. The monoisotopic (exact) mass is 305 g/mol. The lowest BCUT2D eigenvalue weighted by atomic mass is 10.1. The summed E-state index contributed by atoms with van der Waals surface area (Å²) in [4.78, 5) is 0. The normalized spacial score (nSPS) is 10.3. The highest BCUT2D eigenvalue weighted by atomic mass is 16.5. The van der Waals surface area contributed by atoms with E-state index in [2.05, 4.69) is 6.92 Å². The summed E-state index contributed by atoms with van der Waals surface area (Å²) in [6.07, 6.45) is 0.849. The molecule has 0 aliphatic heterocycles. The number of rotatable bonds is 5. The summed E-state index contributed by atoms with van der Waals surface area (Å²) in [5.41, 5.74) is 7.77. The van der Waals surface area contributed by atoms with Gasteiger partial charge in [-0.1, -0.05) is 49.4 Å². The van der Waals surface area contributed by atoms with E-state index < -0.39 is 0 Å². The molecule has 0 aliphatic carbocycles. The van der Waals surface area contributed by atoms with Crippen LogP contribution in [0.4, 0.5) is 5.69 Å². The van der Waals surface area contributed by atoms with Gasteiger partial charge in [0.25, 0.3) is 0 Å². The van der Waals surface area contributed by atoms with Crippen LogP contribution in [0.15, 0.2) is 72.8 Å². The highest BCUT2D eigenvalue weighted by Gasteiger charge is 2.11. The lowest BCUT2D eigenvalue weighted by Gasteiger charge is -2.15. The minimum absolute atomic E-state index is 0.624. The van der Waals surface area contributed by atoms with E-state index >= 15 is 0 Å². The molecule has 3 nitrogen and oxygen atoms in total. The van der Waals surface area contributed by atoms with Crippen molar-refractivity contribution in [2.24, 2.45) is 0 Å². The number of hydrogen-bond donors (Lipinski definition) is 1. The molecule has 0 heterocycles. The van der Waals surface area contributed by atoms with E-state index in [1.165, 1.54) is 0 Å². The first-order valence-corrected chi connectivity index (χ1v) is 7.65. The quantitative estimate of drug-likeness (QED) is 0.640. The van der Waals surface area contributed by atoms with Gasteiger partial charge in [0.15, 0.2) is 17.2 Å². The summed E-state index contributed by atoms with van der Waals surface area (Å²) in [7, 11) is 0. The fourth-order valence-electron chi connectivity index (χ4n) is 2.35. The standard InChI is InChI=1S/C20H19NO2/c1-2-15-9-8-12-17(21)20(15)23-19-14-7-6-13-18(19)22-16-10-4-3-5-11-16/h3-14H,2,21H2,1H3. The Bertz CT molecular complexity index is 785. The first-order chi connectivity index (χ1) is 11.3. The van der Waals surface area contributed by atoms with Crippen LogP contribution in [0.2, 0.25) is 0 Å². The second-order valence-electron chi connectivity index (χ2n) is 5.15. The molecule has 0 unspecified atom stereocenters. The van der Waals surface area contributed by atoms with Gasteiger partial charge in [0.1, 0.15) is 5.75 Å². The van der Waals surface area contributed by atoms with Gasteiger partial charge in [-0.25, -0.2) is 0 Å². The molecule has 2 N–H and O–H groups in total. The van der Waals surface area contributed by atoms with Crippen LogP contribution in [0.3, 0.4) is 0 Å². The Kier molecular flexibility index (Phi) is 4.48. The SMILES string of the molecule is CCc1cccc(N)c1Oc1ccccc1Oc1ccccc1. The molecule has 0 aliphatic rings. The van der Waals surface area contributed by atoms with Crippen molar-refractivity contribution in [2.75, 3.05) is 5.73 Å². The zero-order valence-corrected chi connectivity index (χ0v) is 13.0. The first-order valence-electron chi connectivity index (χ1n) is 7.65. The van der Waals surface area contributed by atoms with E-state index in [9.17, 15) is 0 Å². The van der Waals surface area contributed by atoms with Crippen LogP contribution in [-0.4, -0.2) is 0 Å². The van der Waals surface area contributed by atoms with Gasteiger partial charge in [-0.05, 0) is 42.3 Å². The van der Waals surface area contributed by atoms with Crippen molar-refractivity contribution in [3.8, 4) is 23.0 Å². The maximum Gasteiger partial charge on any atom is 0.170 e. The summed E-state index contributed by atoms with van der Waals surface area (Å²) in [5.74, 6) is 2.76. The van der Waals surface area contributed by atoms with Crippen molar-refractivity contribution in [1.29, 1.82) is 0 Å². The van der Waals surface area contributed by atoms with Gasteiger partial charge >= 0.3 is 0 Å². The third kappa shape index (κ3) is 3.46. The van der Waals surface area contributed by atoms with E-state index in [-0.39, 0.29) is 0 Å². The fraction of sp³-hybridized carbons (Fsp3) is 0.100. The van der Waals surface area contributed by atoms with Gasteiger partial charge < -0.3 is 15.2 Å². The zero-order chi connectivity index (χ0) is 16.1. The van der Waals surface area contributed by atoms with Crippen molar-refractivity contribution in [1.82, 2.24) is 0 Å². The molecule has 0 atom stereocenters. The number of para-hydroxylation sites is 4. The summed E-state index contributed by atoms with van der Waals surface area (Å²) < 4.78 is 12.0. The molecule has 116 valence electrons. The molecule has 0 saturated carbocycles. The molecule has 23 heavy (non-hydrogen) atoms. The zero-order valence-electron chi connectivity index (χ0n) is 13.0. The van der Waals surface area contributed by atoms with E-state index in [0.717, 1.165) is 17.7 Å². The van der Waals surface area contributed by atoms with Crippen LogP contribution in [0.25, 0.3) is 0 Å². The van der Waals surface area contributed by atoms with Crippen LogP contribution in [0.5, 0.6) is 23.0 Å². The highest BCUT2D eigenvalue weighted by molar-refractivity contribution is 5.59. The van der Waals surface area contributed by atoms with Gasteiger partial charge in [-0.2, -0.15) is 0 Å². The van der Waals surface area contributed by atoms with Crippen molar-refractivity contribution in [2.45, 2.75) is 13.3 Å². The lowest BCUT2D eigenvalue weighted by molar-refractivity contribution is 0.417. The predicted molar refractivity (Wildman–Crippen MR) is 93.3 cm³/mol. The summed E-state index contributed by atoms with van der Waals surface area (Å²) >= 11 is 0.